The van der Waals surface area contributed by atoms with Crippen LogP contribution in [-0.4, -0.2) is 14.2 Å². The average molecular weight is 164 g/mol. The molecule has 0 bridgehead atoms. The molecule has 12 heavy (non-hydrogen) atoms. The Morgan fingerprint density at radius 2 is 2.25 bits per heavy atom. The Labute approximate surface area is 73.6 Å². The average Bonchev–Trinajstić information content (AvgIpc) is 2.16. The van der Waals surface area contributed by atoms with Crippen molar-refractivity contribution in [3.8, 4) is 5.75 Å². The predicted molar refractivity (Wildman–Crippen MR) is 51.6 cm³/mol. The van der Waals surface area contributed by atoms with Crippen LogP contribution in [-0.2, 0) is 6.42 Å². The molecule has 1 radical (unpaired) electrons. The van der Waals surface area contributed by atoms with Crippen molar-refractivity contribution >= 4 is 5.69 Å². The molecule has 0 atom stereocenters. The van der Waals surface area contributed by atoms with Crippen LogP contribution in [0.5, 0.6) is 5.75 Å². The molecule has 0 aromatic heterocycles. The van der Waals surface area contributed by atoms with E-state index in [0.29, 0.717) is 0 Å². The number of hydrogen-bond acceptors (Lipinski definition) is 2. The molecule has 1 rings (SSSR count). The number of ether oxygens (including phenoxy) is 1. The van der Waals surface area contributed by atoms with Gasteiger partial charge < -0.3 is 10.1 Å². The van der Waals surface area contributed by atoms with Crippen molar-refractivity contribution in [1.82, 2.24) is 0 Å². The van der Waals surface area contributed by atoms with Crippen molar-refractivity contribution in [2.75, 3.05) is 19.5 Å². The van der Waals surface area contributed by atoms with Gasteiger partial charge in [0, 0.05) is 18.8 Å². The molecule has 2 heteroatoms. The Kier molecular flexibility index (Phi) is 2.97. The van der Waals surface area contributed by atoms with Gasteiger partial charge in [0.15, 0.2) is 0 Å². The zero-order valence-corrected chi connectivity index (χ0v) is 7.55. The van der Waals surface area contributed by atoms with Crippen LogP contribution in [0.25, 0.3) is 0 Å². The summed E-state index contributed by atoms with van der Waals surface area (Å²) in [6.45, 7) is 3.84. The zero-order valence-electron chi connectivity index (χ0n) is 7.55. The monoisotopic (exact) mass is 164 g/mol. The van der Waals surface area contributed by atoms with E-state index in [0.717, 1.165) is 17.9 Å². The normalized spacial score (nSPS) is 9.58. The lowest BCUT2D eigenvalue weighted by atomic mass is 10.1. The van der Waals surface area contributed by atoms with E-state index in [1.807, 2.05) is 25.2 Å². The Hall–Kier alpha value is -1.18. The Balaban J connectivity index is 3.02. The maximum Gasteiger partial charge on any atom is 0.120 e. The summed E-state index contributed by atoms with van der Waals surface area (Å²) >= 11 is 0. The topological polar surface area (TPSA) is 21.3 Å². The van der Waals surface area contributed by atoms with Gasteiger partial charge in [-0.3, -0.25) is 0 Å². The standard InChI is InChI=1S/C10H14NO/c1-4-8-5-6-9(12-3)7-10(8)11-2/h5-7,11H,1,4H2,2-3H3. The fourth-order valence-corrected chi connectivity index (χ4v) is 1.13. The first-order valence-corrected chi connectivity index (χ1v) is 3.95. The highest BCUT2D eigenvalue weighted by Crippen LogP contribution is 2.21. The van der Waals surface area contributed by atoms with Crippen LogP contribution in [0.3, 0.4) is 0 Å². The maximum absolute atomic E-state index is 5.10. The Morgan fingerprint density at radius 1 is 1.50 bits per heavy atom. The lowest BCUT2D eigenvalue weighted by Crippen LogP contribution is -1.95. The molecular weight excluding hydrogens is 150 g/mol. The van der Waals surface area contributed by atoms with Gasteiger partial charge in [-0.05, 0) is 25.0 Å². The van der Waals surface area contributed by atoms with E-state index in [1.54, 1.807) is 7.11 Å². The van der Waals surface area contributed by atoms with Gasteiger partial charge in [0.1, 0.15) is 5.75 Å². The molecule has 2 nitrogen and oxygen atoms in total. The molecule has 1 aromatic carbocycles. The second-order valence-electron chi connectivity index (χ2n) is 2.52. The van der Waals surface area contributed by atoms with Crippen LogP contribution in [0.4, 0.5) is 5.69 Å². The minimum atomic E-state index is 0.792. The highest BCUT2D eigenvalue weighted by molar-refractivity contribution is 5.55. The second-order valence-corrected chi connectivity index (χ2v) is 2.52. The molecule has 0 fully saturated rings. The van der Waals surface area contributed by atoms with Crippen LogP contribution in [0.15, 0.2) is 18.2 Å². The van der Waals surface area contributed by atoms with Gasteiger partial charge in [-0.2, -0.15) is 0 Å². The van der Waals surface area contributed by atoms with Crippen molar-refractivity contribution in [2.24, 2.45) is 0 Å². The summed E-state index contributed by atoms with van der Waals surface area (Å²) in [6.07, 6.45) is 0.792. The first-order chi connectivity index (χ1) is 5.81. The number of methoxy groups -OCH3 is 1. The molecule has 0 saturated heterocycles. The summed E-state index contributed by atoms with van der Waals surface area (Å²) < 4.78 is 5.10. The lowest BCUT2D eigenvalue weighted by Gasteiger charge is -2.08. The highest BCUT2D eigenvalue weighted by atomic mass is 16.5. The van der Waals surface area contributed by atoms with Crippen LogP contribution in [0.2, 0.25) is 0 Å². The molecule has 0 amide bonds. The summed E-state index contributed by atoms with van der Waals surface area (Å²) in [6, 6.07) is 5.94. The fourth-order valence-electron chi connectivity index (χ4n) is 1.13. The molecule has 0 aliphatic carbocycles. The van der Waals surface area contributed by atoms with Gasteiger partial charge in [0.2, 0.25) is 0 Å². The Bertz CT molecular complexity index is 258. The van der Waals surface area contributed by atoms with Crippen molar-refractivity contribution in [2.45, 2.75) is 6.42 Å². The molecular formula is C10H14NO. The van der Waals surface area contributed by atoms with Crippen LogP contribution in [0.1, 0.15) is 5.56 Å². The molecule has 0 spiro atoms. The molecule has 0 aliphatic heterocycles. The molecule has 0 heterocycles. The summed E-state index contributed by atoms with van der Waals surface area (Å²) in [5.41, 5.74) is 2.29. The predicted octanol–water partition coefficient (Wildman–Crippen LogP) is 2.11. The third-order valence-electron chi connectivity index (χ3n) is 1.86. The van der Waals surface area contributed by atoms with E-state index in [-0.39, 0.29) is 0 Å². The van der Waals surface area contributed by atoms with Crippen LogP contribution in [0, 0.1) is 6.92 Å². The minimum absolute atomic E-state index is 0.792. The number of hydrogen-bond donors (Lipinski definition) is 1. The highest BCUT2D eigenvalue weighted by Gasteiger charge is 1.99. The van der Waals surface area contributed by atoms with E-state index < -0.39 is 0 Å². The fraction of sp³-hybridized carbons (Fsp3) is 0.300. The first-order valence-electron chi connectivity index (χ1n) is 3.95. The smallest absolute Gasteiger partial charge is 0.120 e. The maximum atomic E-state index is 5.10. The van der Waals surface area contributed by atoms with Crippen molar-refractivity contribution in [3.05, 3.63) is 30.7 Å². The quantitative estimate of drug-likeness (QED) is 0.738. The third-order valence-corrected chi connectivity index (χ3v) is 1.86. The molecule has 1 N–H and O–H groups in total. The van der Waals surface area contributed by atoms with E-state index in [1.165, 1.54) is 5.56 Å². The number of anilines is 1. The second kappa shape index (κ2) is 4.00. The van der Waals surface area contributed by atoms with Crippen molar-refractivity contribution < 1.29 is 4.74 Å². The van der Waals surface area contributed by atoms with E-state index >= 15 is 0 Å². The van der Waals surface area contributed by atoms with Crippen LogP contribution >= 0.6 is 0 Å². The van der Waals surface area contributed by atoms with Crippen LogP contribution < -0.4 is 10.1 Å². The zero-order chi connectivity index (χ0) is 8.97. The molecule has 0 aliphatic rings. The van der Waals surface area contributed by atoms with Crippen molar-refractivity contribution in [3.63, 3.8) is 0 Å². The SMILES string of the molecule is [CH2]Cc1ccc(OC)cc1NC. The lowest BCUT2D eigenvalue weighted by molar-refractivity contribution is 0.415. The molecule has 65 valence electrons. The van der Waals surface area contributed by atoms with Gasteiger partial charge in [-0.15, -0.1) is 0 Å². The summed E-state index contributed by atoms with van der Waals surface area (Å²) in [5.74, 6) is 0.872. The minimum Gasteiger partial charge on any atom is -0.497 e. The van der Waals surface area contributed by atoms with E-state index in [2.05, 4.69) is 12.2 Å². The molecule has 1 aromatic rings. The first kappa shape index (κ1) is 8.91. The largest absolute Gasteiger partial charge is 0.497 e. The summed E-state index contributed by atoms with van der Waals surface area (Å²) in [5, 5.41) is 3.10. The number of nitrogens with one attached hydrogen (secondary N) is 1. The molecule has 0 saturated carbocycles. The van der Waals surface area contributed by atoms with E-state index in [4.69, 9.17) is 4.74 Å². The molecule has 0 unspecified atom stereocenters. The van der Waals surface area contributed by atoms with Gasteiger partial charge in [0.05, 0.1) is 7.11 Å². The van der Waals surface area contributed by atoms with Gasteiger partial charge in [-0.1, -0.05) is 6.07 Å². The number of rotatable bonds is 3. The van der Waals surface area contributed by atoms with Gasteiger partial charge in [-0.25, -0.2) is 0 Å². The van der Waals surface area contributed by atoms with Gasteiger partial charge in [0.25, 0.3) is 0 Å². The number of benzene rings is 1. The van der Waals surface area contributed by atoms with Crippen molar-refractivity contribution in [1.29, 1.82) is 0 Å². The summed E-state index contributed by atoms with van der Waals surface area (Å²) in [4.78, 5) is 0. The third kappa shape index (κ3) is 1.70. The summed E-state index contributed by atoms with van der Waals surface area (Å²) in [7, 11) is 3.56. The van der Waals surface area contributed by atoms with Gasteiger partial charge >= 0.3 is 0 Å². The van der Waals surface area contributed by atoms with E-state index in [9.17, 15) is 0 Å². The Morgan fingerprint density at radius 3 is 2.75 bits per heavy atom.